The number of hydrogen-bond acceptors (Lipinski definition) is 3. The fourth-order valence-corrected chi connectivity index (χ4v) is 4.34. The molecule has 3 nitrogen and oxygen atoms in total. The van der Waals surface area contributed by atoms with Crippen LogP contribution in [0.2, 0.25) is 0 Å². The fraction of sp³-hybridized carbons (Fsp3) is 0.0312. The molecule has 0 aromatic heterocycles. The molecule has 0 aliphatic heterocycles. The van der Waals surface area contributed by atoms with Gasteiger partial charge in [-0.3, -0.25) is 0 Å². The molecular weight excluding hydrogens is 432 g/mol. The number of hydrogen-bond donors (Lipinski definition) is 0. The maximum Gasteiger partial charge on any atom is 0.515 e. The van der Waals surface area contributed by atoms with Crippen LogP contribution < -0.4 is 4.74 Å². The van der Waals surface area contributed by atoms with E-state index in [0.717, 1.165) is 27.8 Å². The van der Waals surface area contributed by atoms with Crippen molar-refractivity contribution in [3.8, 4) is 16.9 Å². The number of carbonyl (C=O) groups excluding carboxylic acids is 1. The molecule has 5 aromatic carbocycles. The SMILES string of the molecule is O=C(Oc1ccccc1-c1ccccc1)OC(c1ccccc1)(c1ccccc1)c1ccccc1. The van der Waals surface area contributed by atoms with Crippen LogP contribution >= 0.6 is 0 Å². The molecule has 5 aromatic rings. The maximum atomic E-state index is 13.5. The number of para-hydroxylation sites is 1. The molecule has 0 heterocycles. The van der Waals surface area contributed by atoms with Crippen LogP contribution in [0.1, 0.15) is 16.7 Å². The highest BCUT2D eigenvalue weighted by atomic mass is 16.7. The molecule has 35 heavy (non-hydrogen) atoms. The fourth-order valence-electron chi connectivity index (χ4n) is 4.34. The van der Waals surface area contributed by atoms with Crippen LogP contribution in [0.25, 0.3) is 11.1 Å². The lowest BCUT2D eigenvalue weighted by Gasteiger charge is -2.34. The van der Waals surface area contributed by atoms with E-state index in [2.05, 4.69) is 0 Å². The van der Waals surface area contributed by atoms with Crippen molar-refractivity contribution in [2.24, 2.45) is 0 Å². The third-order valence-electron chi connectivity index (χ3n) is 5.94. The van der Waals surface area contributed by atoms with Gasteiger partial charge >= 0.3 is 6.16 Å². The third-order valence-corrected chi connectivity index (χ3v) is 5.94. The first-order chi connectivity index (χ1) is 17.3. The Hall–Kier alpha value is -4.63. The highest BCUT2D eigenvalue weighted by Gasteiger charge is 2.41. The van der Waals surface area contributed by atoms with E-state index in [9.17, 15) is 4.79 Å². The van der Waals surface area contributed by atoms with Crippen LogP contribution in [0.4, 0.5) is 4.79 Å². The molecule has 0 aliphatic rings. The summed E-state index contributed by atoms with van der Waals surface area (Å²) in [5.74, 6) is 0.437. The molecule has 0 aliphatic carbocycles. The molecule has 3 heteroatoms. The first-order valence-electron chi connectivity index (χ1n) is 11.5. The Kier molecular flexibility index (Phi) is 6.40. The van der Waals surface area contributed by atoms with Gasteiger partial charge in [-0.25, -0.2) is 4.79 Å². The molecule has 5 rings (SSSR count). The first kappa shape index (κ1) is 22.2. The lowest BCUT2D eigenvalue weighted by Crippen LogP contribution is -2.36. The Morgan fingerprint density at radius 2 is 0.886 bits per heavy atom. The molecule has 0 N–H and O–H groups in total. The van der Waals surface area contributed by atoms with Gasteiger partial charge in [0.1, 0.15) is 5.75 Å². The molecule has 170 valence electrons. The normalized spacial score (nSPS) is 11.0. The quantitative estimate of drug-likeness (QED) is 0.148. The summed E-state index contributed by atoms with van der Waals surface area (Å²) in [6.45, 7) is 0. The van der Waals surface area contributed by atoms with Gasteiger partial charge < -0.3 is 9.47 Å². The van der Waals surface area contributed by atoms with Gasteiger partial charge in [-0.2, -0.15) is 0 Å². The average Bonchev–Trinajstić information content (AvgIpc) is 2.94. The summed E-state index contributed by atoms with van der Waals surface area (Å²) in [6, 6.07) is 46.5. The summed E-state index contributed by atoms with van der Waals surface area (Å²) in [4.78, 5) is 13.5. The maximum absolute atomic E-state index is 13.5. The Morgan fingerprint density at radius 1 is 0.486 bits per heavy atom. The standard InChI is InChI=1S/C32H24O3/c33-31(34-30-24-14-13-23-29(30)25-15-5-1-6-16-25)35-32(26-17-7-2-8-18-26,27-19-9-3-10-20-27)28-21-11-4-12-22-28/h1-24H. The Balaban J connectivity index is 1.59. The minimum Gasteiger partial charge on any atom is -0.413 e. The summed E-state index contributed by atoms with van der Waals surface area (Å²) in [7, 11) is 0. The molecule has 0 atom stereocenters. The highest BCUT2D eigenvalue weighted by molar-refractivity contribution is 5.75. The average molecular weight is 457 g/mol. The summed E-state index contributed by atoms with van der Waals surface area (Å²) in [5.41, 5.74) is 3.05. The van der Waals surface area contributed by atoms with Gasteiger partial charge in [-0.1, -0.05) is 140 Å². The van der Waals surface area contributed by atoms with Gasteiger partial charge in [0.25, 0.3) is 0 Å². The van der Waals surface area contributed by atoms with Crippen molar-refractivity contribution >= 4 is 6.16 Å². The van der Waals surface area contributed by atoms with Crippen molar-refractivity contribution in [2.45, 2.75) is 5.60 Å². The van der Waals surface area contributed by atoms with E-state index in [0.29, 0.717) is 5.75 Å². The topological polar surface area (TPSA) is 35.5 Å². The second-order valence-corrected chi connectivity index (χ2v) is 8.10. The number of rotatable bonds is 6. The monoisotopic (exact) mass is 456 g/mol. The zero-order valence-corrected chi connectivity index (χ0v) is 19.1. The summed E-state index contributed by atoms with van der Waals surface area (Å²) in [5, 5.41) is 0. The third kappa shape index (κ3) is 4.57. The van der Waals surface area contributed by atoms with Crippen LogP contribution in [0.5, 0.6) is 5.75 Å². The molecule has 0 unspecified atom stereocenters. The minimum atomic E-state index is -1.19. The molecule has 0 saturated carbocycles. The zero-order valence-electron chi connectivity index (χ0n) is 19.1. The highest BCUT2D eigenvalue weighted by Crippen LogP contribution is 2.41. The smallest absolute Gasteiger partial charge is 0.413 e. The first-order valence-corrected chi connectivity index (χ1v) is 11.5. The van der Waals surface area contributed by atoms with Gasteiger partial charge in [-0.05, 0) is 11.6 Å². The largest absolute Gasteiger partial charge is 0.515 e. The van der Waals surface area contributed by atoms with Gasteiger partial charge in [0.2, 0.25) is 0 Å². The summed E-state index contributed by atoms with van der Waals surface area (Å²) >= 11 is 0. The van der Waals surface area contributed by atoms with E-state index >= 15 is 0 Å². The molecule has 0 spiro atoms. The van der Waals surface area contributed by atoms with Gasteiger partial charge in [-0.15, -0.1) is 0 Å². The number of carbonyl (C=O) groups is 1. The van der Waals surface area contributed by atoms with E-state index in [1.54, 1.807) is 6.07 Å². The summed E-state index contributed by atoms with van der Waals surface area (Å²) in [6.07, 6.45) is -0.787. The second kappa shape index (κ2) is 10.1. The molecular formula is C32H24O3. The van der Waals surface area contributed by atoms with Crippen LogP contribution in [0.15, 0.2) is 146 Å². The molecule has 0 amide bonds. The number of ether oxygens (including phenoxy) is 2. The lowest BCUT2D eigenvalue weighted by molar-refractivity contribution is 0.0320. The molecule has 0 saturated heterocycles. The van der Waals surface area contributed by atoms with E-state index in [1.165, 1.54) is 0 Å². The van der Waals surface area contributed by atoms with Crippen LogP contribution in [0, 0.1) is 0 Å². The van der Waals surface area contributed by atoms with Crippen molar-refractivity contribution in [3.05, 3.63) is 162 Å². The Labute approximate surface area is 205 Å². The zero-order chi connectivity index (χ0) is 23.9. The van der Waals surface area contributed by atoms with Crippen molar-refractivity contribution in [2.75, 3.05) is 0 Å². The minimum absolute atomic E-state index is 0.437. The van der Waals surface area contributed by atoms with Gasteiger partial charge in [0.15, 0.2) is 5.60 Å². The second-order valence-electron chi connectivity index (χ2n) is 8.10. The van der Waals surface area contributed by atoms with Gasteiger partial charge in [0, 0.05) is 22.3 Å². The van der Waals surface area contributed by atoms with Crippen molar-refractivity contribution in [1.29, 1.82) is 0 Å². The van der Waals surface area contributed by atoms with Crippen molar-refractivity contribution < 1.29 is 14.3 Å². The van der Waals surface area contributed by atoms with E-state index < -0.39 is 11.8 Å². The molecule has 0 bridgehead atoms. The Bertz CT molecular complexity index is 1290. The van der Waals surface area contributed by atoms with E-state index in [1.807, 2.05) is 140 Å². The number of benzene rings is 5. The van der Waals surface area contributed by atoms with Gasteiger partial charge in [0.05, 0.1) is 0 Å². The van der Waals surface area contributed by atoms with E-state index in [4.69, 9.17) is 9.47 Å². The summed E-state index contributed by atoms with van der Waals surface area (Å²) < 4.78 is 12.2. The molecule has 0 radical (unpaired) electrons. The molecule has 0 fully saturated rings. The predicted molar refractivity (Wildman–Crippen MR) is 138 cm³/mol. The predicted octanol–water partition coefficient (Wildman–Crippen LogP) is 7.86. The van der Waals surface area contributed by atoms with E-state index in [-0.39, 0.29) is 0 Å². The van der Waals surface area contributed by atoms with Crippen molar-refractivity contribution in [3.63, 3.8) is 0 Å². The van der Waals surface area contributed by atoms with Crippen LogP contribution in [0.3, 0.4) is 0 Å². The lowest BCUT2D eigenvalue weighted by atomic mass is 9.80. The van der Waals surface area contributed by atoms with Crippen molar-refractivity contribution in [1.82, 2.24) is 0 Å². The Morgan fingerprint density at radius 3 is 1.37 bits per heavy atom. The van der Waals surface area contributed by atoms with Crippen LogP contribution in [-0.2, 0) is 10.3 Å². The van der Waals surface area contributed by atoms with Crippen LogP contribution in [-0.4, -0.2) is 6.16 Å².